The van der Waals surface area contributed by atoms with Gasteiger partial charge in [0.05, 0.1) is 11.2 Å². The molecule has 0 saturated carbocycles. The molecule has 2 rings (SSSR count). The van der Waals surface area contributed by atoms with Crippen LogP contribution in [0.15, 0.2) is 10.9 Å². The highest BCUT2D eigenvalue weighted by molar-refractivity contribution is 7.07. The second-order valence-corrected chi connectivity index (χ2v) is 4.37. The number of hydrogen-bond donors (Lipinski definition) is 1. The molecule has 0 bridgehead atoms. The maximum Gasteiger partial charge on any atom is 0.317 e. The van der Waals surface area contributed by atoms with E-state index >= 15 is 0 Å². The van der Waals surface area contributed by atoms with Crippen LogP contribution >= 0.6 is 11.3 Å². The molecule has 1 saturated heterocycles. The minimum absolute atomic E-state index is 0.0720. The summed E-state index contributed by atoms with van der Waals surface area (Å²) in [6.07, 6.45) is 3.10. The predicted octanol–water partition coefficient (Wildman–Crippen LogP) is 1.49. The average Bonchev–Trinajstić information content (AvgIpc) is 2.90. The summed E-state index contributed by atoms with van der Waals surface area (Å²) in [7, 11) is 0. The quantitative estimate of drug-likeness (QED) is 0.847. The van der Waals surface area contributed by atoms with E-state index in [0.29, 0.717) is 6.54 Å². The first-order valence-corrected chi connectivity index (χ1v) is 6.20. The van der Waals surface area contributed by atoms with Crippen LogP contribution in [0.1, 0.15) is 18.5 Å². The summed E-state index contributed by atoms with van der Waals surface area (Å²) in [5.41, 5.74) is 2.87. The number of thiazole rings is 1. The van der Waals surface area contributed by atoms with E-state index in [1.165, 1.54) is 0 Å². The third-order valence-electron chi connectivity index (χ3n) is 2.53. The lowest BCUT2D eigenvalue weighted by molar-refractivity contribution is 0.209. The van der Waals surface area contributed by atoms with Gasteiger partial charge < -0.3 is 10.2 Å². The van der Waals surface area contributed by atoms with E-state index in [9.17, 15) is 4.79 Å². The van der Waals surface area contributed by atoms with E-state index in [4.69, 9.17) is 0 Å². The SMILES string of the molecule is O=C(NCCc1cscn1)N1CCCC1. The second-order valence-electron chi connectivity index (χ2n) is 3.66. The zero-order valence-electron chi connectivity index (χ0n) is 8.61. The number of carbonyl (C=O) groups is 1. The van der Waals surface area contributed by atoms with Crippen molar-refractivity contribution in [1.82, 2.24) is 15.2 Å². The molecule has 0 atom stereocenters. The molecule has 2 heterocycles. The van der Waals surface area contributed by atoms with E-state index in [0.717, 1.165) is 38.0 Å². The number of hydrogen-bond acceptors (Lipinski definition) is 3. The maximum absolute atomic E-state index is 11.6. The number of aromatic nitrogens is 1. The molecule has 4 nitrogen and oxygen atoms in total. The number of rotatable bonds is 3. The van der Waals surface area contributed by atoms with Gasteiger partial charge in [-0.1, -0.05) is 0 Å². The highest BCUT2D eigenvalue weighted by Crippen LogP contribution is 2.07. The van der Waals surface area contributed by atoms with E-state index in [1.807, 2.05) is 15.8 Å². The molecule has 0 aliphatic carbocycles. The lowest BCUT2D eigenvalue weighted by Crippen LogP contribution is -2.38. The maximum atomic E-state index is 11.6. The summed E-state index contributed by atoms with van der Waals surface area (Å²) in [6.45, 7) is 2.49. The molecule has 1 aromatic heterocycles. The first-order chi connectivity index (χ1) is 7.36. The number of nitrogens with one attached hydrogen (secondary N) is 1. The first kappa shape index (κ1) is 10.4. The number of amides is 2. The van der Waals surface area contributed by atoms with Gasteiger partial charge in [-0.2, -0.15) is 0 Å². The molecule has 1 aromatic rings. The molecule has 1 fully saturated rings. The van der Waals surface area contributed by atoms with Crippen LogP contribution < -0.4 is 5.32 Å². The van der Waals surface area contributed by atoms with Crippen molar-refractivity contribution in [1.29, 1.82) is 0 Å². The molecule has 0 aromatic carbocycles. The van der Waals surface area contributed by atoms with Crippen molar-refractivity contribution in [3.8, 4) is 0 Å². The van der Waals surface area contributed by atoms with Gasteiger partial charge in [0.15, 0.2) is 0 Å². The Labute approximate surface area is 93.3 Å². The second kappa shape index (κ2) is 5.11. The van der Waals surface area contributed by atoms with Crippen LogP contribution in [0.25, 0.3) is 0 Å². The minimum Gasteiger partial charge on any atom is -0.338 e. The van der Waals surface area contributed by atoms with Crippen molar-refractivity contribution in [2.45, 2.75) is 19.3 Å². The van der Waals surface area contributed by atoms with Crippen LogP contribution in [0, 0.1) is 0 Å². The van der Waals surface area contributed by atoms with Crippen LogP contribution in [-0.2, 0) is 6.42 Å². The monoisotopic (exact) mass is 225 g/mol. The summed E-state index contributed by atoms with van der Waals surface area (Å²) in [6, 6.07) is 0.0720. The van der Waals surface area contributed by atoms with Gasteiger partial charge in [0, 0.05) is 31.4 Å². The Morgan fingerprint density at radius 2 is 2.33 bits per heavy atom. The summed E-state index contributed by atoms with van der Waals surface area (Å²) in [4.78, 5) is 17.6. The highest BCUT2D eigenvalue weighted by atomic mass is 32.1. The third-order valence-corrected chi connectivity index (χ3v) is 3.17. The Balaban J connectivity index is 1.67. The number of urea groups is 1. The topological polar surface area (TPSA) is 45.2 Å². The van der Waals surface area contributed by atoms with Gasteiger partial charge in [-0.3, -0.25) is 0 Å². The molecule has 0 radical (unpaired) electrons. The Morgan fingerprint density at radius 1 is 1.53 bits per heavy atom. The number of carbonyl (C=O) groups excluding carboxylic acids is 1. The third kappa shape index (κ3) is 2.92. The van der Waals surface area contributed by atoms with Gasteiger partial charge in [-0.15, -0.1) is 11.3 Å². The molecule has 1 N–H and O–H groups in total. The van der Waals surface area contributed by atoms with Gasteiger partial charge in [0.25, 0.3) is 0 Å². The van der Waals surface area contributed by atoms with Crippen molar-refractivity contribution < 1.29 is 4.79 Å². The fourth-order valence-electron chi connectivity index (χ4n) is 1.69. The van der Waals surface area contributed by atoms with Crippen molar-refractivity contribution in [2.75, 3.05) is 19.6 Å². The summed E-state index contributed by atoms with van der Waals surface area (Å²) < 4.78 is 0. The Morgan fingerprint density at radius 3 is 3.00 bits per heavy atom. The fourth-order valence-corrected chi connectivity index (χ4v) is 2.28. The van der Waals surface area contributed by atoms with Gasteiger partial charge in [-0.05, 0) is 12.8 Å². The molecule has 5 heteroatoms. The standard InChI is InChI=1S/C10H15N3OS/c14-10(13-5-1-2-6-13)11-4-3-9-7-15-8-12-9/h7-8H,1-6H2,(H,11,14). The highest BCUT2D eigenvalue weighted by Gasteiger charge is 2.16. The van der Waals surface area contributed by atoms with Crippen LogP contribution in [0.3, 0.4) is 0 Å². The van der Waals surface area contributed by atoms with Crippen molar-refractivity contribution >= 4 is 17.4 Å². The van der Waals surface area contributed by atoms with Crippen molar-refractivity contribution in [3.05, 3.63) is 16.6 Å². The van der Waals surface area contributed by atoms with Gasteiger partial charge in [0.2, 0.25) is 0 Å². The molecule has 82 valence electrons. The molecule has 0 unspecified atom stereocenters. The van der Waals surface area contributed by atoms with Gasteiger partial charge >= 0.3 is 6.03 Å². The molecular weight excluding hydrogens is 210 g/mol. The zero-order valence-corrected chi connectivity index (χ0v) is 9.42. The van der Waals surface area contributed by atoms with Gasteiger partial charge in [-0.25, -0.2) is 9.78 Å². The molecule has 1 aliphatic heterocycles. The smallest absolute Gasteiger partial charge is 0.317 e. The van der Waals surface area contributed by atoms with Crippen LogP contribution in [-0.4, -0.2) is 35.5 Å². The minimum atomic E-state index is 0.0720. The molecular formula is C10H15N3OS. The number of nitrogens with zero attached hydrogens (tertiary/aromatic N) is 2. The number of likely N-dealkylation sites (tertiary alicyclic amines) is 1. The lowest BCUT2D eigenvalue weighted by atomic mass is 10.3. The van der Waals surface area contributed by atoms with E-state index < -0.39 is 0 Å². The van der Waals surface area contributed by atoms with Crippen LogP contribution in [0.5, 0.6) is 0 Å². The Bertz CT molecular complexity index is 306. The summed E-state index contributed by atoms with van der Waals surface area (Å²) >= 11 is 1.59. The average molecular weight is 225 g/mol. The fraction of sp³-hybridized carbons (Fsp3) is 0.600. The van der Waals surface area contributed by atoms with Crippen LogP contribution in [0.4, 0.5) is 4.79 Å². The Kier molecular flexibility index (Phi) is 3.55. The van der Waals surface area contributed by atoms with Gasteiger partial charge in [0.1, 0.15) is 0 Å². The predicted molar refractivity (Wildman–Crippen MR) is 60.0 cm³/mol. The van der Waals surface area contributed by atoms with E-state index in [2.05, 4.69) is 10.3 Å². The summed E-state index contributed by atoms with van der Waals surface area (Å²) in [5.74, 6) is 0. The lowest BCUT2D eigenvalue weighted by Gasteiger charge is -2.15. The van der Waals surface area contributed by atoms with Crippen molar-refractivity contribution in [3.63, 3.8) is 0 Å². The molecule has 2 amide bonds. The van der Waals surface area contributed by atoms with Crippen molar-refractivity contribution in [2.24, 2.45) is 0 Å². The van der Waals surface area contributed by atoms with Crippen LogP contribution in [0.2, 0.25) is 0 Å². The normalized spacial score (nSPS) is 15.6. The zero-order chi connectivity index (χ0) is 10.5. The largest absolute Gasteiger partial charge is 0.338 e. The first-order valence-electron chi connectivity index (χ1n) is 5.26. The molecule has 15 heavy (non-hydrogen) atoms. The Hall–Kier alpha value is -1.10. The van der Waals surface area contributed by atoms with E-state index in [-0.39, 0.29) is 6.03 Å². The van der Waals surface area contributed by atoms with E-state index in [1.54, 1.807) is 11.3 Å². The molecule has 1 aliphatic rings. The molecule has 0 spiro atoms. The summed E-state index contributed by atoms with van der Waals surface area (Å²) in [5, 5.41) is 4.93.